The van der Waals surface area contributed by atoms with Crippen LogP contribution in [0.1, 0.15) is 0 Å². The van der Waals surface area contributed by atoms with Gasteiger partial charge in [0.2, 0.25) is 5.91 Å². The molecule has 1 amide bonds. The Morgan fingerprint density at radius 1 is 2.00 bits per heavy atom. The van der Waals surface area contributed by atoms with Crippen LogP contribution >= 0.6 is 0 Å². The van der Waals surface area contributed by atoms with Crippen molar-refractivity contribution in [3.8, 4) is 0 Å². The summed E-state index contributed by atoms with van der Waals surface area (Å²) in [4.78, 5) is 10.6. The predicted octanol–water partition coefficient (Wildman–Crippen LogP) is -0.640. The van der Waals surface area contributed by atoms with Crippen LogP contribution in [0.3, 0.4) is 0 Å². The summed E-state index contributed by atoms with van der Waals surface area (Å²) in [7, 11) is 0. The lowest BCUT2D eigenvalue weighted by Gasteiger charge is -2.24. The Kier molecular flexibility index (Phi) is 1.29. The molecule has 0 aliphatic carbocycles. The maximum Gasteiger partial charge on any atom is 0.231 e. The minimum Gasteiger partial charge on any atom is -0.395 e. The molecule has 1 unspecified atom stereocenters. The Hall–Kier alpha value is -1.21. The highest BCUT2D eigenvalue weighted by Crippen LogP contribution is 2.09. The fourth-order valence-corrected chi connectivity index (χ4v) is 0.662. The zero-order valence-corrected chi connectivity index (χ0v) is 4.98. The third-order valence-electron chi connectivity index (χ3n) is 1.38. The van der Waals surface area contributed by atoms with E-state index in [9.17, 15) is 4.79 Å². The van der Waals surface area contributed by atoms with Crippen LogP contribution in [0.5, 0.6) is 0 Å². The highest BCUT2D eigenvalue weighted by atomic mass is 16.2. The minimum atomic E-state index is -0.164. The molecule has 0 radical (unpaired) electrons. The van der Waals surface area contributed by atoms with E-state index in [4.69, 9.17) is 5.73 Å². The molecule has 48 valence electrons. The molecule has 1 atom stereocenters. The summed E-state index contributed by atoms with van der Waals surface area (Å²) < 4.78 is 0. The van der Waals surface area contributed by atoms with Crippen molar-refractivity contribution in [3.63, 3.8) is 0 Å². The van der Waals surface area contributed by atoms with Gasteiger partial charge in [0.05, 0.1) is 5.70 Å². The van der Waals surface area contributed by atoms with E-state index < -0.39 is 0 Å². The van der Waals surface area contributed by atoms with Gasteiger partial charge in [0.15, 0.2) is 0 Å². The summed E-state index contributed by atoms with van der Waals surface area (Å²) in [5.41, 5.74) is 8.28. The average Bonchev–Trinajstić information content (AvgIpc) is 1.84. The SMILES string of the molecule is C=C=C(N)C1CNC1=O. The van der Waals surface area contributed by atoms with Crippen LogP contribution in [-0.4, -0.2) is 12.5 Å². The smallest absolute Gasteiger partial charge is 0.231 e. The van der Waals surface area contributed by atoms with Crippen LogP contribution in [-0.2, 0) is 4.79 Å². The second-order valence-corrected chi connectivity index (χ2v) is 1.93. The van der Waals surface area contributed by atoms with Crippen LogP contribution in [0.2, 0.25) is 0 Å². The summed E-state index contributed by atoms with van der Waals surface area (Å²) >= 11 is 0. The molecule has 0 aromatic heterocycles. The van der Waals surface area contributed by atoms with Crippen molar-refractivity contribution in [2.75, 3.05) is 6.54 Å². The van der Waals surface area contributed by atoms with E-state index in [-0.39, 0.29) is 11.8 Å². The van der Waals surface area contributed by atoms with Crippen molar-refractivity contribution in [1.82, 2.24) is 5.32 Å². The number of rotatable bonds is 1. The third-order valence-corrected chi connectivity index (χ3v) is 1.38. The largest absolute Gasteiger partial charge is 0.395 e. The van der Waals surface area contributed by atoms with E-state index in [1.807, 2.05) is 0 Å². The topological polar surface area (TPSA) is 55.1 Å². The first-order valence-electron chi connectivity index (χ1n) is 2.69. The number of carbonyl (C=O) groups excluding carboxylic acids is 1. The molecule has 0 bridgehead atoms. The van der Waals surface area contributed by atoms with E-state index in [1.54, 1.807) is 0 Å². The number of hydrogen-bond acceptors (Lipinski definition) is 2. The predicted molar refractivity (Wildman–Crippen MR) is 33.3 cm³/mol. The summed E-state index contributed by atoms with van der Waals surface area (Å²) in [5.74, 6) is -0.189. The fraction of sp³-hybridized carbons (Fsp3) is 0.333. The normalized spacial score (nSPS) is 23.6. The Morgan fingerprint density at radius 3 is 2.78 bits per heavy atom. The standard InChI is InChI=1S/C6H8N2O/c1-2-5(7)4-3-8-6(4)9/h4H,1,3,7H2,(H,8,9). The molecule has 3 nitrogen and oxygen atoms in total. The van der Waals surface area contributed by atoms with Gasteiger partial charge in [0.1, 0.15) is 5.92 Å². The van der Waals surface area contributed by atoms with E-state index in [0.717, 1.165) is 0 Å². The van der Waals surface area contributed by atoms with Crippen LogP contribution in [0.15, 0.2) is 18.0 Å². The van der Waals surface area contributed by atoms with Gasteiger partial charge >= 0.3 is 0 Å². The third kappa shape index (κ3) is 0.819. The molecule has 0 aromatic rings. The van der Waals surface area contributed by atoms with Crippen molar-refractivity contribution < 1.29 is 4.79 Å². The van der Waals surface area contributed by atoms with Crippen LogP contribution in [0.25, 0.3) is 0 Å². The number of carbonyl (C=O) groups is 1. The number of nitrogens with one attached hydrogen (secondary N) is 1. The average molecular weight is 124 g/mol. The van der Waals surface area contributed by atoms with Gasteiger partial charge in [0.25, 0.3) is 0 Å². The van der Waals surface area contributed by atoms with Crippen molar-refractivity contribution in [3.05, 3.63) is 18.0 Å². The molecule has 3 N–H and O–H groups in total. The highest BCUT2D eigenvalue weighted by molar-refractivity contribution is 5.86. The van der Waals surface area contributed by atoms with E-state index in [2.05, 4.69) is 17.6 Å². The van der Waals surface area contributed by atoms with Crippen molar-refractivity contribution in [2.24, 2.45) is 11.7 Å². The summed E-state index contributed by atoms with van der Waals surface area (Å²) in [6.07, 6.45) is 0. The second-order valence-electron chi connectivity index (χ2n) is 1.93. The Labute approximate surface area is 53.2 Å². The second kappa shape index (κ2) is 1.96. The van der Waals surface area contributed by atoms with E-state index in [1.165, 1.54) is 0 Å². The van der Waals surface area contributed by atoms with Gasteiger partial charge in [-0.1, -0.05) is 6.58 Å². The Balaban J connectivity index is 2.64. The lowest BCUT2D eigenvalue weighted by atomic mass is 9.99. The molecule has 1 aliphatic heterocycles. The maximum absolute atomic E-state index is 10.6. The molecule has 0 aromatic carbocycles. The first kappa shape index (κ1) is 5.92. The van der Waals surface area contributed by atoms with Gasteiger partial charge in [-0.25, -0.2) is 0 Å². The molecular weight excluding hydrogens is 116 g/mol. The molecule has 1 aliphatic rings. The molecule has 9 heavy (non-hydrogen) atoms. The summed E-state index contributed by atoms with van der Waals surface area (Å²) in [5, 5.41) is 2.57. The quantitative estimate of drug-likeness (QED) is 0.361. The lowest BCUT2D eigenvalue weighted by molar-refractivity contribution is -0.129. The van der Waals surface area contributed by atoms with E-state index in [0.29, 0.717) is 12.2 Å². The van der Waals surface area contributed by atoms with Gasteiger partial charge in [-0.2, -0.15) is 0 Å². The van der Waals surface area contributed by atoms with Crippen molar-refractivity contribution >= 4 is 5.91 Å². The van der Waals surface area contributed by atoms with Gasteiger partial charge in [-0.15, -0.1) is 5.73 Å². The fourth-order valence-electron chi connectivity index (χ4n) is 0.662. The van der Waals surface area contributed by atoms with Crippen LogP contribution in [0, 0.1) is 5.92 Å². The summed E-state index contributed by atoms with van der Waals surface area (Å²) in [6.45, 7) is 3.96. The first-order chi connectivity index (χ1) is 4.25. The molecule has 1 fully saturated rings. The Bertz CT molecular complexity index is 191. The molecule has 1 rings (SSSR count). The first-order valence-corrected chi connectivity index (χ1v) is 2.69. The molecular formula is C6H8N2O. The number of β-lactam (4-membered cyclic amide) rings is 1. The molecule has 1 heterocycles. The molecule has 0 saturated carbocycles. The Morgan fingerprint density at radius 2 is 2.67 bits per heavy atom. The van der Waals surface area contributed by atoms with Gasteiger partial charge in [-0.3, -0.25) is 4.79 Å². The summed E-state index contributed by atoms with van der Waals surface area (Å²) in [6, 6.07) is 0. The highest BCUT2D eigenvalue weighted by Gasteiger charge is 2.29. The minimum absolute atomic E-state index is 0.0244. The molecule has 0 spiro atoms. The van der Waals surface area contributed by atoms with Crippen molar-refractivity contribution in [1.29, 1.82) is 0 Å². The lowest BCUT2D eigenvalue weighted by Crippen LogP contribution is -2.50. The number of amides is 1. The monoisotopic (exact) mass is 124 g/mol. The van der Waals surface area contributed by atoms with E-state index >= 15 is 0 Å². The zero-order valence-electron chi connectivity index (χ0n) is 4.98. The van der Waals surface area contributed by atoms with Crippen molar-refractivity contribution in [2.45, 2.75) is 0 Å². The van der Waals surface area contributed by atoms with Crippen LogP contribution in [0.4, 0.5) is 0 Å². The maximum atomic E-state index is 10.6. The van der Waals surface area contributed by atoms with Gasteiger partial charge in [-0.05, 0) is 0 Å². The number of hydrogen-bond donors (Lipinski definition) is 2. The van der Waals surface area contributed by atoms with Gasteiger partial charge in [0, 0.05) is 6.54 Å². The molecule has 1 saturated heterocycles. The van der Waals surface area contributed by atoms with Crippen LogP contribution < -0.4 is 11.1 Å². The molecule has 3 heteroatoms. The zero-order chi connectivity index (χ0) is 6.85. The number of nitrogens with two attached hydrogens (primary N) is 1. The van der Waals surface area contributed by atoms with Gasteiger partial charge < -0.3 is 11.1 Å².